The van der Waals surface area contributed by atoms with E-state index < -0.39 is 9.84 Å². The third-order valence-corrected chi connectivity index (χ3v) is 7.29. The predicted molar refractivity (Wildman–Crippen MR) is 112 cm³/mol. The fraction of sp³-hybridized carbons (Fsp3) is 0.435. The van der Waals surface area contributed by atoms with Gasteiger partial charge in [0.1, 0.15) is 0 Å². The normalized spacial score (nSPS) is 14.7. The molecular weight excluding hydrogens is 370 g/mol. The van der Waals surface area contributed by atoms with Crippen molar-refractivity contribution in [3.05, 3.63) is 65.2 Å². The molecule has 2 aromatic rings. The quantitative estimate of drug-likeness (QED) is 0.732. The van der Waals surface area contributed by atoms with Crippen LogP contribution in [0, 0.1) is 5.92 Å². The predicted octanol–water partition coefficient (Wildman–Crippen LogP) is 3.90. The summed E-state index contributed by atoms with van der Waals surface area (Å²) in [6.45, 7) is 4.77. The van der Waals surface area contributed by atoms with Crippen molar-refractivity contribution in [3.63, 3.8) is 0 Å². The van der Waals surface area contributed by atoms with Crippen LogP contribution in [0.5, 0.6) is 0 Å². The molecule has 4 nitrogen and oxygen atoms in total. The van der Waals surface area contributed by atoms with Crippen LogP contribution in [0.3, 0.4) is 0 Å². The summed E-state index contributed by atoms with van der Waals surface area (Å²) in [7, 11) is -3.44. The molecule has 0 spiro atoms. The van der Waals surface area contributed by atoms with Crippen molar-refractivity contribution < 1.29 is 13.2 Å². The molecule has 5 heteroatoms. The molecule has 0 radical (unpaired) electrons. The van der Waals surface area contributed by atoms with Crippen LogP contribution in [0.25, 0.3) is 0 Å². The Kier molecular flexibility index (Phi) is 6.55. The van der Waals surface area contributed by atoms with Crippen LogP contribution < -0.4 is 5.32 Å². The third-order valence-electron chi connectivity index (χ3n) is 5.58. The molecule has 1 N–H and O–H groups in total. The fourth-order valence-electron chi connectivity index (χ4n) is 3.84. The standard InChI is InChI=1S/C23H29NO3S/c1-17(2)22(19-7-4-3-5-8-19)16-24-23(25)13-14-28(26,27)21-12-11-18-9-6-10-20(18)15-21/h3-5,7-8,11-12,15,17,22H,6,9-10,13-14,16H2,1-2H3,(H,24,25). The molecule has 150 valence electrons. The van der Waals surface area contributed by atoms with Crippen molar-refractivity contribution in [3.8, 4) is 0 Å². The Morgan fingerprint density at radius 3 is 2.46 bits per heavy atom. The molecule has 0 heterocycles. The van der Waals surface area contributed by atoms with Crippen molar-refractivity contribution in [1.82, 2.24) is 5.32 Å². The monoisotopic (exact) mass is 399 g/mol. The lowest BCUT2D eigenvalue weighted by atomic mass is 9.88. The Hall–Kier alpha value is -2.14. The molecule has 1 unspecified atom stereocenters. The number of fused-ring (bicyclic) bond motifs is 1. The molecule has 1 atom stereocenters. The summed E-state index contributed by atoms with van der Waals surface area (Å²) < 4.78 is 25.2. The fourth-order valence-corrected chi connectivity index (χ4v) is 5.12. The van der Waals surface area contributed by atoms with E-state index in [4.69, 9.17) is 0 Å². The molecule has 0 aromatic heterocycles. The number of carbonyl (C=O) groups is 1. The molecule has 1 aliphatic rings. The van der Waals surface area contributed by atoms with Crippen molar-refractivity contribution in [2.75, 3.05) is 12.3 Å². The van der Waals surface area contributed by atoms with Gasteiger partial charge in [0, 0.05) is 18.9 Å². The van der Waals surface area contributed by atoms with E-state index in [9.17, 15) is 13.2 Å². The van der Waals surface area contributed by atoms with E-state index in [1.165, 1.54) is 11.1 Å². The van der Waals surface area contributed by atoms with Gasteiger partial charge in [0.2, 0.25) is 5.91 Å². The van der Waals surface area contributed by atoms with E-state index in [1.807, 2.05) is 24.3 Å². The van der Waals surface area contributed by atoms with Crippen molar-refractivity contribution >= 4 is 15.7 Å². The molecule has 0 saturated heterocycles. The number of carbonyl (C=O) groups excluding carboxylic acids is 1. The third kappa shape index (κ3) is 5.02. The van der Waals surface area contributed by atoms with Gasteiger partial charge in [-0.2, -0.15) is 0 Å². The molecule has 0 fully saturated rings. The van der Waals surface area contributed by atoms with Crippen LogP contribution in [0.2, 0.25) is 0 Å². The largest absolute Gasteiger partial charge is 0.355 e. The lowest BCUT2D eigenvalue weighted by molar-refractivity contribution is -0.120. The van der Waals surface area contributed by atoms with E-state index in [-0.39, 0.29) is 24.0 Å². The van der Waals surface area contributed by atoms with Gasteiger partial charge in [-0.25, -0.2) is 8.42 Å². The summed E-state index contributed by atoms with van der Waals surface area (Å²) in [5.74, 6) is 0.206. The van der Waals surface area contributed by atoms with Crippen LogP contribution in [0.1, 0.15) is 49.3 Å². The van der Waals surface area contributed by atoms with Gasteiger partial charge in [0.25, 0.3) is 0 Å². The maximum absolute atomic E-state index is 12.6. The summed E-state index contributed by atoms with van der Waals surface area (Å²) in [6.07, 6.45) is 3.03. The van der Waals surface area contributed by atoms with Crippen LogP contribution >= 0.6 is 0 Å². The summed E-state index contributed by atoms with van der Waals surface area (Å²) in [4.78, 5) is 12.6. The molecule has 3 rings (SSSR count). The first-order valence-corrected chi connectivity index (χ1v) is 11.7. The number of hydrogen-bond acceptors (Lipinski definition) is 3. The van der Waals surface area contributed by atoms with Gasteiger partial charge in [-0.3, -0.25) is 4.79 Å². The SMILES string of the molecule is CC(C)C(CNC(=O)CCS(=O)(=O)c1ccc2c(c1)CCC2)c1ccccc1. The molecule has 2 aromatic carbocycles. The first-order valence-electron chi connectivity index (χ1n) is 10.0. The van der Waals surface area contributed by atoms with Gasteiger partial charge in [-0.15, -0.1) is 0 Å². The van der Waals surface area contributed by atoms with Crippen LogP contribution in [-0.2, 0) is 27.5 Å². The molecule has 1 amide bonds. The van der Waals surface area contributed by atoms with E-state index in [0.29, 0.717) is 17.4 Å². The Morgan fingerprint density at radius 1 is 1.04 bits per heavy atom. The highest BCUT2D eigenvalue weighted by Gasteiger charge is 2.21. The second kappa shape index (κ2) is 8.91. The van der Waals surface area contributed by atoms with Crippen molar-refractivity contribution in [1.29, 1.82) is 0 Å². The summed E-state index contributed by atoms with van der Waals surface area (Å²) in [5, 5.41) is 2.92. The second-order valence-electron chi connectivity index (χ2n) is 7.92. The maximum Gasteiger partial charge on any atom is 0.221 e. The zero-order valence-electron chi connectivity index (χ0n) is 16.6. The Labute approximate surface area is 168 Å². The highest BCUT2D eigenvalue weighted by atomic mass is 32.2. The topological polar surface area (TPSA) is 63.2 Å². The Bertz CT molecular complexity index is 920. The number of nitrogens with one attached hydrogen (secondary N) is 1. The molecule has 1 aliphatic carbocycles. The van der Waals surface area contributed by atoms with Crippen molar-refractivity contribution in [2.45, 2.75) is 50.3 Å². The highest BCUT2D eigenvalue weighted by Crippen LogP contribution is 2.26. The van der Waals surface area contributed by atoms with E-state index in [1.54, 1.807) is 12.1 Å². The van der Waals surface area contributed by atoms with E-state index >= 15 is 0 Å². The molecule has 0 aliphatic heterocycles. The first-order chi connectivity index (χ1) is 13.4. The number of benzene rings is 2. The second-order valence-corrected chi connectivity index (χ2v) is 10.0. The smallest absolute Gasteiger partial charge is 0.221 e. The molecular formula is C23H29NO3S. The zero-order valence-corrected chi connectivity index (χ0v) is 17.5. The Morgan fingerprint density at radius 2 is 1.75 bits per heavy atom. The van der Waals surface area contributed by atoms with Gasteiger partial charge in [-0.1, -0.05) is 50.2 Å². The minimum atomic E-state index is -3.44. The van der Waals surface area contributed by atoms with Gasteiger partial charge in [0.05, 0.1) is 10.6 Å². The molecule has 0 bridgehead atoms. The van der Waals surface area contributed by atoms with Crippen LogP contribution in [-0.4, -0.2) is 26.6 Å². The summed E-state index contributed by atoms with van der Waals surface area (Å²) >= 11 is 0. The van der Waals surface area contributed by atoms with Crippen LogP contribution in [0.15, 0.2) is 53.4 Å². The average molecular weight is 400 g/mol. The number of rotatable bonds is 8. The first kappa shape index (κ1) is 20.6. The lowest BCUT2D eigenvalue weighted by Crippen LogP contribution is -2.31. The molecule has 0 saturated carbocycles. The van der Waals surface area contributed by atoms with Crippen LogP contribution in [0.4, 0.5) is 0 Å². The number of sulfone groups is 1. The minimum absolute atomic E-state index is 0.0149. The summed E-state index contributed by atoms with van der Waals surface area (Å²) in [5.41, 5.74) is 3.56. The molecule has 28 heavy (non-hydrogen) atoms. The van der Waals surface area contributed by atoms with Gasteiger partial charge >= 0.3 is 0 Å². The number of aryl methyl sites for hydroxylation is 2. The minimum Gasteiger partial charge on any atom is -0.355 e. The Balaban J connectivity index is 1.56. The average Bonchev–Trinajstić information content (AvgIpc) is 3.15. The highest BCUT2D eigenvalue weighted by molar-refractivity contribution is 7.91. The lowest BCUT2D eigenvalue weighted by Gasteiger charge is -2.22. The van der Waals surface area contributed by atoms with Gasteiger partial charge in [-0.05, 0) is 54.0 Å². The van der Waals surface area contributed by atoms with E-state index in [2.05, 4.69) is 31.3 Å². The van der Waals surface area contributed by atoms with E-state index in [0.717, 1.165) is 24.8 Å². The van der Waals surface area contributed by atoms with Gasteiger partial charge < -0.3 is 5.32 Å². The maximum atomic E-state index is 12.6. The zero-order chi connectivity index (χ0) is 20.1. The summed E-state index contributed by atoms with van der Waals surface area (Å²) in [6, 6.07) is 15.5. The number of hydrogen-bond donors (Lipinski definition) is 1. The van der Waals surface area contributed by atoms with Crippen molar-refractivity contribution in [2.24, 2.45) is 5.92 Å². The van der Waals surface area contributed by atoms with Gasteiger partial charge in [0.15, 0.2) is 9.84 Å². The number of amides is 1.